The molecule has 1 aliphatic rings. The van der Waals surface area contributed by atoms with Crippen molar-refractivity contribution < 1.29 is 9.53 Å². The fraction of sp³-hybridized carbons (Fsp3) is 0.875. The number of likely N-dealkylation sites (N-methyl/N-ethyl adjacent to an activating group) is 1. The summed E-state index contributed by atoms with van der Waals surface area (Å²) in [5, 5.41) is 3.08. The van der Waals surface area contributed by atoms with E-state index in [9.17, 15) is 4.79 Å². The highest BCUT2D eigenvalue weighted by Crippen LogP contribution is 2.27. The van der Waals surface area contributed by atoms with E-state index in [1.807, 2.05) is 18.8 Å². The predicted octanol–water partition coefficient (Wildman–Crippen LogP) is 0.645. The molecule has 1 heterocycles. The van der Waals surface area contributed by atoms with Gasteiger partial charge in [0.2, 0.25) is 0 Å². The van der Waals surface area contributed by atoms with Gasteiger partial charge in [0.1, 0.15) is 5.54 Å². The van der Waals surface area contributed by atoms with Gasteiger partial charge >= 0.3 is 5.97 Å². The molecule has 1 saturated heterocycles. The monoisotopic (exact) mass is 189 g/mol. The molecular weight excluding hydrogens is 174 g/mol. The van der Waals surface area contributed by atoms with Gasteiger partial charge in [-0.1, -0.05) is 0 Å². The van der Waals surface area contributed by atoms with Crippen LogP contribution in [0.25, 0.3) is 0 Å². The smallest absolute Gasteiger partial charge is 0.326 e. The molecule has 1 aliphatic heterocycles. The van der Waals surface area contributed by atoms with Crippen LogP contribution in [0.4, 0.5) is 0 Å². The van der Waals surface area contributed by atoms with Crippen molar-refractivity contribution in [1.82, 2.24) is 5.32 Å². The zero-order chi connectivity index (χ0) is 9.03. The van der Waals surface area contributed by atoms with Crippen LogP contribution < -0.4 is 5.32 Å². The highest BCUT2D eigenvalue weighted by atomic mass is 32.2. The van der Waals surface area contributed by atoms with Crippen LogP contribution >= 0.6 is 11.8 Å². The van der Waals surface area contributed by atoms with E-state index in [0.717, 1.165) is 24.3 Å². The lowest BCUT2D eigenvalue weighted by Crippen LogP contribution is -2.53. The first-order valence-corrected chi connectivity index (χ1v) is 5.26. The largest absolute Gasteiger partial charge is 0.468 e. The molecule has 0 aromatic rings. The molecule has 1 N–H and O–H groups in total. The molecule has 1 fully saturated rings. The third kappa shape index (κ3) is 1.75. The van der Waals surface area contributed by atoms with Gasteiger partial charge in [-0.2, -0.15) is 11.8 Å². The minimum Gasteiger partial charge on any atom is -0.468 e. The van der Waals surface area contributed by atoms with Gasteiger partial charge < -0.3 is 10.1 Å². The number of carbonyl (C=O) groups is 1. The number of ether oxygens (including phenoxy) is 1. The number of nitrogens with one attached hydrogen (secondary N) is 1. The highest BCUT2D eigenvalue weighted by molar-refractivity contribution is 7.99. The van der Waals surface area contributed by atoms with E-state index in [1.54, 1.807) is 0 Å². The van der Waals surface area contributed by atoms with Crippen molar-refractivity contribution in [1.29, 1.82) is 0 Å². The minimum atomic E-state index is -0.403. The lowest BCUT2D eigenvalue weighted by atomic mass is 9.93. The summed E-state index contributed by atoms with van der Waals surface area (Å²) >= 11 is 1.89. The number of hydrogen-bond acceptors (Lipinski definition) is 4. The minimum absolute atomic E-state index is 0.120. The van der Waals surface area contributed by atoms with Crippen LogP contribution in [0.1, 0.15) is 12.8 Å². The fourth-order valence-electron chi connectivity index (χ4n) is 1.47. The zero-order valence-electron chi connectivity index (χ0n) is 7.55. The summed E-state index contributed by atoms with van der Waals surface area (Å²) in [6.07, 6.45) is 1.75. The lowest BCUT2D eigenvalue weighted by molar-refractivity contribution is -0.148. The van der Waals surface area contributed by atoms with Gasteiger partial charge in [-0.05, 0) is 31.4 Å². The van der Waals surface area contributed by atoms with Crippen LogP contribution in [-0.2, 0) is 9.53 Å². The van der Waals surface area contributed by atoms with Gasteiger partial charge in [-0.25, -0.2) is 0 Å². The first-order chi connectivity index (χ1) is 5.75. The first-order valence-electron chi connectivity index (χ1n) is 4.10. The summed E-state index contributed by atoms with van der Waals surface area (Å²) in [4.78, 5) is 11.4. The maximum absolute atomic E-state index is 11.4. The van der Waals surface area contributed by atoms with Gasteiger partial charge in [0.25, 0.3) is 0 Å². The van der Waals surface area contributed by atoms with Crippen LogP contribution in [0.2, 0.25) is 0 Å². The number of esters is 1. The average molecular weight is 189 g/mol. The van der Waals surface area contributed by atoms with E-state index >= 15 is 0 Å². The van der Waals surface area contributed by atoms with Crippen LogP contribution in [-0.4, -0.2) is 37.2 Å². The molecule has 12 heavy (non-hydrogen) atoms. The average Bonchev–Trinajstić information content (AvgIpc) is 2.17. The maximum atomic E-state index is 11.4. The molecule has 0 aromatic carbocycles. The highest BCUT2D eigenvalue weighted by Gasteiger charge is 2.39. The van der Waals surface area contributed by atoms with E-state index in [4.69, 9.17) is 4.74 Å². The van der Waals surface area contributed by atoms with Crippen molar-refractivity contribution in [2.45, 2.75) is 18.4 Å². The van der Waals surface area contributed by atoms with Crippen molar-refractivity contribution in [3.63, 3.8) is 0 Å². The Morgan fingerprint density at radius 1 is 1.50 bits per heavy atom. The summed E-state index contributed by atoms with van der Waals surface area (Å²) < 4.78 is 4.77. The van der Waals surface area contributed by atoms with Crippen molar-refractivity contribution in [2.24, 2.45) is 0 Å². The Bertz CT molecular complexity index is 166. The molecule has 1 rings (SSSR count). The molecule has 0 saturated carbocycles. The Balaban J connectivity index is 2.66. The third-order valence-corrected chi connectivity index (χ3v) is 3.39. The quantitative estimate of drug-likeness (QED) is 0.647. The number of thioether (sulfide) groups is 1. The maximum Gasteiger partial charge on any atom is 0.326 e. The molecule has 0 spiro atoms. The van der Waals surface area contributed by atoms with E-state index in [2.05, 4.69) is 5.32 Å². The first kappa shape index (κ1) is 9.86. The molecule has 0 aromatic heterocycles. The van der Waals surface area contributed by atoms with E-state index in [1.165, 1.54) is 7.11 Å². The second kappa shape index (κ2) is 4.14. The summed E-state index contributed by atoms with van der Waals surface area (Å²) in [5.41, 5.74) is -0.403. The van der Waals surface area contributed by atoms with E-state index in [-0.39, 0.29) is 5.97 Å². The van der Waals surface area contributed by atoms with Crippen molar-refractivity contribution >= 4 is 17.7 Å². The van der Waals surface area contributed by atoms with Crippen LogP contribution in [0.3, 0.4) is 0 Å². The van der Waals surface area contributed by atoms with Gasteiger partial charge in [0.15, 0.2) is 0 Å². The second-order valence-corrected chi connectivity index (χ2v) is 4.16. The lowest BCUT2D eigenvalue weighted by Gasteiger charge is -2.33. The molecule has 0 atom stereocenters. The summed E-state index contributed by atoms with van der Waals surface area (Å²) in [5.74, 6) is 1.96. The number of hydrogen-bond donors (Lipinski definition) is 1. The van der Waals surface area contributed by atoms with Crippen LogP contribution in [0, 0.1) is 0 Å². The molecule has 0 amide bonds. The van der Waals surface area contributed by atoms with Gasteiger partial charge in [-0.15, -0.1) is 0 Å². The molecule has 70 valence electrons. The van der Waals surface area contributed by atoms with Crippen molar-refractivity contribution in [3.05, 3.63) is 0 Å². The topological polar surface area (TPSA) is 38.3 Å². The Morgan fingerprint density at radius 2 is 2.08 bits per heavy atom. The Morgan fingerprint density at radius 3 is 2.50 bits per heavy atom. The van der Waals surface area contributed by atoms with Crippen molar-refractivity contribution in [2.75, 3.05) is 25.7 Å². The standard InChI is InChI=1S/C8H15NO2S/c1-9-8(7(10)11-2)3-5-12-6-4-8/h9H,3-6H2,1-2H3. The van der Waals surface area contributed by atoms with Crippen molar-refractivity contribution in [3.8, 4) is 0 Å². The summed E-state index contributed by atoms with van der Waals surface area (Å²) in [7, 11) is 3.27. The third-order valence-electron chi connectivity index (χ3n) is 2.40. The molecule has 0 bridgehead atoms. The second-order valence-electron chi connectivity index (χ2n) is 2.94. The Labute approximate surface area is 77.2 Å². The number of carbonyl (C=O) groups excluding carboxylic acids is 1. The zero-order valence-corrected chi connectivity index (χ0v) is 8.37. The van der Waals surface area contributed by atoms with Gasteiger partial charge in [-0.3, -0.25) is 4.79 Å². The SMILES string of the molecule is CNC1(C(=O)OC)CCSCC1. The Hall–Kier alpha value is -0.220. The molecule has 0 radical (unpaired) electrons. The van der Waals surface area contributed by atoms with Gasteiger partial charge in [0.05, 0.1) is 7.11 Å². The molecular formula is C8H15NO2S. The van der Waals surface area contributed by atoms with E-state index < -0.39 is 5.54 Å². The summed E-state index contributed by atoms with van der Waals surface area (Å²) in [6, 6.07) is 0. The van der Waals surface area contributed by atoms with Crippen LogP contribution in [0.5, 0.6) is 0 Å². The molecule has 0 aliphatic carbocycles. The Kier molecular flexibility index (Phi) is 3.40. The normalized spacial score (nSPS) is 21.8. The van der Waals surface area contributed by atoms with Crippen LogP contribution in [0.15, 0.2) is 0 Å². The van der Waals surface area contributed by atoms with Gasteiger partial charge in [0, 0.05) is 0 Å². The molecule has 3 nitrogen and oxygen atoms in total. The van der Waals surface area contributed by atoms with E-state index in [0.29, 0.717) is 0 Å². The predicted molar refractivity (Wildman–Crippen MR) is 50.4 cm³/mol. The number of rotatable bonds is 2. The summed E-state index contributed by atoms with van der Waals surface area (Å²) in [6.45, 7) is 0. The molecule has 0 unspecified atom stereocenters. The molecule has 4 heteroatoms. The number of methoxy groups -OCH3 is 1. The fourth-order valence-corrected chi connectivity index (χ4v) is 2.66.